The quantitative estimate of drug-likeness (QED) is 0.427. The van der Waals surface area contributed by atoms with Crippen molar-refractivity contribution in [3.8, 4) is 11.5 Å². The van der Waals surface area contributed by atoms with Crippen molar-refractivity contribution in [3.63, 3.8) is 0 Å². The third-order valence-corrected chi connectivity index (χ3v) is 5.96. The van der Waals surface area contributed by atoms with E-state index in [0.717, 1.165) is 10.0 Å². The number of methoxy groups -OCH3 is 1. The van der Waals surface area contributed by atoms with Crippen molar-refractivity contribution in [2.75, 3.05) is 13.7 Å². The second-order valence-electron chi connectivity index (χ2n) is 9.67. The zero-order chi connectivity index (χ0) is 25.5. The first-order valence-corrected chi connectivity index (χ1v) is 12.4. The Hall–Kier alpha value is -2.54. The molecule has 0 aromatic heterocycles. The minimum absolute atomic E-state index is 0.178. The van der Waals surface area contributed by atoms with Crippen LogP contribution >= 0.6 is 15.9 Å². The molecule has 0 spiro atoms. The fourth-order valence-electron chi connectivity index (χ4n) is 3.56. The predicted molar refractivity (Wildman–Crippen MR) is 139 cm³/mol. The largest absolute Gasteiger partial charge is 0.497 e. The summed E-state index contributed by atoms with van der Waals surface area (Å²) >= 11 is 3.54. The fraction of sp³-hybridized carbons (Fsp3) is 0.481. The zero-order valence-electron chi connectivity index (χ0n) is 21.3. The van der Waals surface area contributed by atoms with Gasteiger partial charge in [0.15, 0.2) is 6.61 Å². The van der Waals surface area contributed by atoms with E-state index in [2.05, 4.69) is 35.1 Å². The van der Waals surface area contributed by atoms with E-state index in [9.17, 15) is 9.59 Å². The van der Waals surface area contributed by atoms with Crippen LogP contribution < -0.4 is 14.8 Å². The van der Waals surface area contributed by atoms with Crippen molar-refractivity contribution < 1.29 is 19.1 Å². The smallest absolute Gasteiger partial charge is 0.261 e. The summed E-state index contributed by atoms with van der Waals surface area (Å²) in [5.41, 5.74) is 1.64. The lowest BCUT2D eigenvalue weighted by molar-refractivity contribution is -0.143. The number of hydrogen-bond acceptors (Lipinski definition) is 4. The van der Waals surface area contributed by atoms with Crippen molar-refractivity contribution >= 4 is 27.7 Å². The zero-order valence-corrected chi connectivity index (χ0v) is 22.9. The molecule has 2 amide bonds. The molecule has 2 aromatic rings. The summed E-state index contributed by atoms with van der Waals surface area (Å²) in [6.07, 6.45) is 0.477. The third-order valence-electron chi connectivity index (χ3n) is 5.34. The summed E-state index contributed by atoms with van der Waals surface area (Å²) in [4.78, 5) is 28.1. The molecule has 186 valence electrons. The minimum Gasteiger partial charge on any atom is -0.497 e. The van der Waals surface area contributed by atoms with Crippen LogP contribution in [0.4, 0.5) is 0 Å². The lowest BCUT2D eigenvalue weighted by Gasteiger charge is -2.33. The minimum atomic E-state index is -0.631. The van der Waals surface area contributed by atoms with Crippen LogP contribution in [0.25, 0.3) is 0 Å². The van der Waals surface area contributed by atoms with Gasteiger partial charge in [0.05, 0.1) is 11.6 Å². The number of hydrogen-bond donors (Lipinski definition) is 1. The Balaban J connectivity index is 2.27. The van der Waals surface area contributed by atoms with E-state index in [1.165, 1.54) is 5.56 Å². The first-order chi connectivity index (χ1) is 15.9. The van der Waals surface area contributed by atoms with Gasteiger partial charge in [-0.05, 0) is 84.4 Å². The van der Waals surface area contributed by atoms with Crippen molar-refractivity contribution in [1.82, 2.24) is 10.2 Å². The van der Waals surface area contributed by atoms with Crippen LogP contribution in [-0.4, -0.2) is 42.0 Å². The van der Waals surface area contributed by atoms with Gasteiger partial charge in [0.25, 0.3) is 5.91 Å². The number of carbonyl (C=O) groups is 2. The lowest BCUT2D eigenvalue weighted by Crippen LogP contribution is -2.54. The van der Waals surface area contributed by atoms with Crippen LogP contribution in [0.3, 0.4) is 0 Å². The highest BCUT2D eigenvalue weighted by molar-refractivity contribution is 9.10. The summed E-state index contributed by atoms with van der Waals surface area (Å²) < 4.78 is 12.0. The maximum atomic E-state index is 13.4. The fourth-order valence-corrected chi connectivity index (χ4v) is 4.07. The van der Waals surface area contributed by atoms with Gasteiger partial charge in [0.2, 0.25) is 5.91 Å². The summed E-state index contributed by atoms with van der Waals surface area (Å²) in [7, 11) is 1.60. The molecule has 0 saturated carbocycles. The van der Waals surface area contributed by atoms with Gasteiger partial charge in [0, 0.05) is 12.1 Å². The molecular weight excluding hydrogens is 496 g/mol. The molecule has 7 heteroatoms. The Morgan fingerprint density at radius 3 is 2.38 bits per heavy atom. The Morgan fingerprint density at radius 1 is 1.12 bits per heavy atom. The van der Waals surface area contributed by atoms with Crippen LogP contribution in [0, 0.1) is 0 Å². The van der Waals surface area contributed by atoms with Gasteiger partial charge in [-0.25, -0.2) is 0 Å². The van der Waals surface area contributed by atoms with Gasteiger partial charge >= 0.3 is 0 Å². The van der Waals surface area contributed by atoms with Crippen molar-refractivity contribution in [3.05, 3.63) is 58.1 Å². The summed E-state index contributed by atoms with van der Waals surface area (Å²) in [5, 5.41) is 3.01. The normalized spacial score (nSPS) is 12.3. The molecule has 1 atom stereocenters. The highest BCUT2D eigenvalue weighted by Gasteiger charge is 2.31. The molecule has 0 aliphatic carbocycles. The van der Waals surface area contributed by atoms with Gasteiger partial charge in [-0.2, -0.15) is 0 Å². The molecule has 0 heterocycles. The van der Waals surface area contributed by atoms with Crippen LogP contribution in [0.5, 0.6) is 11.5 Å². The molecular formula is C27H37BrN2O4. The van der Waals surface area contributed by atoms with Crippen molar-refractivity contribution in [1.29, 1.82) is 0 Å². The number of nitrogens with zero attached hydrogens (tertiary/aromatic N) is 1. The van der Waals surface area contributed by atoms with E-state index in [1.54, 1.807) is 12.0 Å². The second kappa shape index (κ2) is 12.2. The number of benzene rings is 2. The van der Waals surface area contributed by atoms with Crippen molar-refractivity contribution in [2.24, 2.45) is 0 Å². The second-order valence-corrected chi connectivity index (χ2v) is 10.5. The molecule has 0 aliphatic rings. The van der Waals surface area contributed by atoms with Gasteiger partial charge in [-0.3, -0.25) is 9.59 Å². The van der Waals surface area contributed by atoms with Crippen LogP contribution in [0.15, 0.2) is 46.9 Å². The van der Waals surface area contributed by atoms with Crippen LogP contribution in [-0.2, 0) is 16.1 Å². The number of ether oxygens (including phenoxy) is 2. The van der Waals surface area contributed by atoms with E-state index < -0.39 is 11.6 Å². The molecule has 2 aromatic carbocycles. The number of nitrogens with one attached hydrogen (secondary N) is 1. The van der Waals surface area contributed by atoms with E-state index in [0.29, 0.717) is 23.8 Å². The maximum absolute atomic E-state index is 13.4. The molecule has 34 heavy (non-hydrogen) atoms. The molecule has 0 radical (unpaired) electrons. The van der Waals surface area contributed by atoms with Crippen LogP contribution in [0.1, 0.15) is 65.0 Å². The van der Waals surface area contributed by atoms with E-state index in [-0.39, 0.29) is 25.0 Å². The molecule has 0 saturated heterocycles. The first-order valence-electron chi connectivity index (χ1n) is 11.6. The van der Waals surface area contributed by atoms with Gasteiger partial charge in [-0.1, -0.05) is 39.0 Å². The number of amides is 2. The average Bonchev–Trinajstić information content (AvgIpc) is 2.76. The van der Waals surface area contributed by atoms with E-state index in [4.69, 9.17) is 9.47 Å². The molecule has 0 bridgehead atoms. The topological polar surface area (TPSA) is 67.9 Å². The highest BCUT2D eigenvalue weighted by Crippen LogP contribution is 2.29. The van der Waals surface area contributed by atoms with Crippen molar-refractivity contribution in [2.45, 2.75) is 72.0 Å². The number of carbonyl (C=O) groups excluding carboxylic acids is 2. The average molecular weight is 534 g/mol. The Bertz CT molecular complexity index is 985. The van der Waals surface area contributed by atoms with Crippen LogP contribution in [0.2, 0.25) is 0 Å². The first kappa shape index (κ1) is 27.7. The Kier molecular flexibility index (Phi) is 9.98. The van der Waals surface area contributed by atoms with E-state index >= 15 is 0 Å². The van der Waals surface area contributed by atoms with Gasteiger partial charge in [-0.15, -0.1) is 0 Å². The standard InChI is InChI=1S/C27H37BrN2O4/c1-8-23(26(32)29-27(4,5)6)30(16-19-10-9-11-21(14-19)33-7)25(31)17-34-24-13-12-20(18(2)3)15-22(24)28/h9-15,18,23H,8,16-17H2,1-7H3,(H,29,32). The molecule has 2 rings (SSSR count). The summed E-state index contributed by atoms with van der Waals surface area (Å²) in [6, 6.07) is 12.7. The highest BCUT2D eigenvalue weighted by atomic mass is 79.9. The molecule has 0 aliphatic heterocycles. The number of rotatable bonds is 10. The Morgan fingerprint density at radius 2 is 1.82 bits per heavy atom. The third kappa shape index (κ3) is 8.05. The molecule has 1 unspecified atom stereocenters. The lowest BCUT2D eigenvalue weighted by atomic mass is 10.0. The summed E-state index contributed by atoms with van der Waals surface area (Å²) in [6.45, 7) is 12.0. The molecule has 0 fully saturated rings. The predicted octanol–water partition coefficient (Wildman–Crippen LogP) is 5.68. The maximum Gasteiger partial charge on any atom is 0.261 e. The SMILES string of the molecule is CCC(C(=O)NC(C)(C)C)N(Cc1cccc(OC)c1)C(=O)COc1ccc(C(C)C)cc1Br. The summed E-state index contributed by atoms with van der Waals surface area (Å²) in [5.74, 6) is 1.22. The van der Waals surface area contributed by atoms with E-state index in [1.807, 2.05) is 70.2 Å². The molecule has 1 N–H and O–H groups in total. The monoisotopic (exact) mass is 532 g/mol. The van der Waals surface area contributed by atoms with Gasteiger partial charge < -0.3 is 19.7 Å². The molecule has 6 nitrogen and oxygen atoms in total. The van der Waals surface area contributed by atoms with Gasteiger partial charge in [0.1, 0.15) is 17.5 Å². The number of halogens is 1. The Labute approximate surface area is 212 Å².